The van der Waals surface area contributed by atoms with Crippen molar-refractivity contribution < 1.29 is 4.39 Å². The number of hydrogen-bond acceptors (Lipinski definition) is 1. The summed E-state index contributed by atoms with van der Waals surface area (Å²) in [6.45, 7) is 0. The third kappa shape index (κ3) is 3.73. The molecule has 0 spiro atoms. The summed E-state index contributed by atoms with van der Waals surface area (Å²) in [5, 5.41) is 4.34. The molecular weight excluding hydrogens is 364 g/mol. The highest BCUT2D eigenvalue weighted by Crippen LogP contribution is 2.30. The molecule has 0 radical (unpaired) electrons. The Hall–Kier alpha value is -0.610. The van der Waals surface area contributed by atoms with Crippen LogP contribution in [0.15, 0.2) is 40.9 Å². The first-order chi connectivity index (χ1) is 9.51. The van der Waals surface area contributed by atoms with Crippen molar-refractivity contribution in [2.75, 3.05) is 7.05 Å². The highest BCUT2D eigenvalue weighted by Gasteiger charge is 2.15. The van der Waals surface area contributed by atoms with Crippen LogP contribution in [0.1, 0.15) is 17.2 Å². The Morgan fingerprint density at radius 1 is 1.20 bits per heavy atom. The molecule has 1 unspecified atom stereocenters. The van der Waals surface area contributed by atoms with Crippen LogP contribution in [0.5, 0.6) is 0 Å². The molecule has 20 heavy (non-hydrogen) atoms. The van der Waals surface area contributed by atoms with Gasteiger partial charge in [-0.15, -0.1) is 0 Å². The molecule has 106 valence electrons. The van der Waals surface area contributed by atoms with Crippen molar-refractivity contribution >= 4 is 39.1 Å². The fraction of sp³-hybridized carbons (Fsp3) is 0.200. The van der Waals surface area contributed by atoms with Gasteiger partial charge in [0.05, 0.1) is 0 Å². The summed E-state index contributed by atoms with van der Waals surface area (Å²) in [7, 11) is 1.87. The van der Waals surface area contributed by atoms with E-state index in [0.717, 1.165) is 15.6 Å². The smallest absolute Gasteiger partial charge is 0.124 e. The minimum Gasteiger partial charge on any atom is -0.313 e. The van der Waals surface area contributed by atoms with Crippen LogP contribution in [-0.4, -0.2) is 7.05 Å². The van der Waals surface area contributed by atoms with Gasteiger partial charge < -0.3 is 5.32 Å². The Balaban J connectivity index is 2.31. The van der Waals surface area contributed by atoms with E-state index in [4.69, 9.17) is 23.2 Å². The van der Waals surface area contributed by atoms with Gasteiger partial charge in [-0.1, -0.05) is 45.2 Å². The summed E-state index contributed by atoms with van der Waals surface area (Å²) in [4.78, 5) is 0. The number of hydrogen-bond donors (Lipinski definition) is 1. The van der Waals surface area contributed by atoms with Gasteiger partial charge in [0, 0.05) is 20.6 Å². The molecule has 0 aliphatic heterocycles. The Morgan fingerprint density at radius 3 is 2.60 bits per heavy atom. The SMILES string of the molecule is CNC(Cc1ccc(F)cc1Cl)c1cc(Cl)ccc1Br. The Kier molecular flexibility index (Phi) is 5.44. The molecule has 5 heteroatoms. The second-order valence-electron chi connectivity index (χ2n) is 4.45. The predicted octanol–water partition coefficient (Wildman–Crippen LogP) is 5.40. The number of nitrogens with one attached hydrogen (secondary N) is 1. The maximum atomic E-state index is 13.1. The summed E-state index contributed by atoms with van der Waals surface area (Å²) in [5.74, 6) is -0.330. The molecule has 0 heterocycles. The van der Waals surface area contributed by atoms with Crippen LogP contribution >= 0.6 is 39.1 Å². The lowest BCUT2D eigenvalue weighted by Crippen LogP contribution is -2.19. The minimum absolute atomic E-state index is 0.0334. The van der Waals surface area contributed by atoms with Crippen LogP contribution in [0.3, 0.4) is 0 Å². The van der Waals surface area contributed by atoms with Gasteiger partial charge >= 0.3 is 0 Å². The van der Waals surface area contributed by atoms with Gasteiger partial charge in [-0.2, -0.15) is 0 Å². The fourth-order valence-electron chi connectivity index (χ4n) is 2.06. The van der Waals surface area contributed by atoms with Gasteiger partial charge in [0.1, 0.15) is 5.82 Å². The molecule has 1 nitrogen and oxygen atoms in total. The van der Waals surface area contributed by atoms with Crippen LogP contribution in [0.25, 0.3) is 0 Å². The number of halogens is 4. The standard InChI is InChI=1S/C15H13BrCl2FN/c1-20-15(12-7-10(17)3-5-13(12)16)6-9-2-4-11(19)8-14(9)18/h2-5,7-8,15,20H,6H2,1H3. The lowest BCUT2D eigenvalue weighted by molar-refractivity contribution is 0.587. The van der Waals surface area contributed by atoms with E-state index in [-0.39, 0.29) is 11.9 Å². The van der Waals surface area contributed by atoms with Gasteiger partial charge in [0.15, 0.2) is 0 Å². The summed E-state index contributed by atoms with van der Waals surface area (Å²) in [6, 6.07) is 10.1. The van der Waals surface area contributed by atoms with Crippen LogP contribution in [-0.2, 0) is 6.42 Å². The van der Waals surface area contributed by atoms with Crippen molar-refractivity contribution in [3.63, 3.8) is 0 Å². The number of likely N-dealkylation sites (N-methyl/N-ethyl adjacent to an activating group) is 1. The van der Waals surface area contributed by atoms with Gasteiger partial charge in [-0.05, 0) is 54.9 Å². The maximum absolute atomic E-state index is 13.1. The quantitative estimate of drug-likeness (QED) is 0.753. The first-order valence-electron chi connectivity index (χ1n) is 6.07. The zero-order chi connectivity index (χ0) is 14.7. The highest BCUT2D eigenvalue weighted by molar-refractivity contribution is 9.10. The van der Waals surface area contributed by atoms with E-state index in [1.54, 1.807) is 6.07 Å². The third-order valence-corrected chi connectivity index (χ3v) is 4.43. The predicted molar refractivity (Wildman–Crippen MR) is 86.1 cm³/mol. The Morgan fingerprint density at radius 2 is 1.95 bits per heavy atom. The third-order valence-electron chi connectivity index (χ3n) is 3.12. The number of benzene rings is 2. The van der Waals surface area contributed by atoms with Gasteiger partial charge in [0.2, 0.25) is 0 Å². The van der Waals surface area contributed by atoms with Crippen LogP contribution in [0.2, 0.25) is 10.0 Å². The summed E-state index contributed by atoms with van der Waals surface area (Å²) in [6.07, 6.45) is 0.647. The van der Waals surface area contributed by atoms with Gasteiger partial charge in [0.25, 0.3) is 0 Å². The van der Waals surface area contributed by atoms with Crippen molar-refractivity contribution in [1.29, 1.82) is 0 Å². The summed E-state index contributed by atoms with van der Waals surface area (Å²) in [5.41, 5.74) is 1.93. The van der Waals surface area contributed by atoms with E-state index in [1.807, 2.05) is 25.2 Å². The van der Waals surface area contributed by atoms with Gasteiger partial charge in [-0.25, -0.2) is 4.39 Å². The molecular formula is C15H13BrCl2FN. The van der Waals surface area contributed by atoms with E-state index < -0.39 is 0 Å². The first kappa shape index (κ1) is 15.8. The molecule has 0 aliphatic rings. The second-order valence-corrected chi connectivity index (χ2v) is 6.14. The fourth-order valence-corrected chi connectivity index (χ4v) is 3.00. The molecule has 0 saturated carbocycles. The van der Waals surface area contributed by atoms with Crippen LogP contribution in [0.4, 0.5) is 4.39 Å². The van der Waals surface area contributed by atoms with Gasteiger partial charge in [-0.3, -0.25) is 0 Å². The van der Waals surface area contributed by atoms with Crippen molar-refractivity contribution in [2.24, 2.45) is 0 Å². The van der Waals surface area contributed by atoms with E-state index in [2.05, 4.69) is 21.2 Å². The maximum Gasteiger partial charge on any atom is 0.124 e. The molecule has 2 aromatic rings. The summed E-state index contributed by atoms with van der Waals surface area (Å²) < 4.78 is 14.1. The molecule has 0 saturated heterocycles. The lowest BCUT2D eigenvalue weighted by atomic mass is 9.99. The zero-order valence-corrected chi connectivity index (χ0v) is 13.9. The van der Waals surface area contributed by atoms with Crippen LogP contribution in [0, 0.1) is 5.82 Å². The number of rotatable bonds is 4. The monoisotopic (exact) mass is 375 g/mol. The highest BCUT2D eigenvalue weighted by atomic mass is 79.9. The largest absolute Gasteiger partial charge is 0.313 e. The van der Waals surface area contributed by atoms with Crippen LogP contribution < -0.4 is 5.32 Å². The Labute approximate surface area is 136 Å². The molecule has 0 amide bonds. The molecule has 0 fully saturated rings. The van der Waals surface area contributed by atoms with Crippen molar-refractivity contribution in [2.45, 2.75) is 12.5 Å². The first-order valence-corrected chi connectivity index (χ1v) is 7.62. The average molecular weight is 377 g/mol. The molecule has 2 aromatic carbocycles. The van der Waals surface area contributed by atoms with Crippen molar-refractivity contribution in [1.82, 2.24) is 5.32 Å². The molecule has 0 bridgehead atoms. The van der Waals surface area contributed by atoms with Crippen molar-refractivity contribution in [3.8, 4) is 0 Å². The minimum atomic E-state index is -0.330. The van der Waals surface area contributed by atoms with E-state index >= 15 is 0 Å². The molecule has 0 aromatic heterocycles. The topological polar surface area (TPSA) is 12.0 Å². The second kappa shape index (κ2) is 6.90. The molecule has 1 atom stereocenters. The van der Waals surface area contributed by atoms with E-state index in [9.17, 15) is 4.39 Å². The molecule has 1 N–H and O–H groups in total. The average Bonchev–Trinajstić information content (AvgIpc) is 2.41. The van der Waals surface area contributed by atoms with E-state index in [0.29, 0.717) is 16.5 Å². The summed E-state index contributed by atoms with van der Waals surface area (Å²) >= 11 is 15.7. The normalized spacial score (nSPS) is 12.4. The lowest BCUT2D eigenvalue weighted by Gasteiger charge is -2.19. The molecule has 0 aliphatic carbocycles. The van der Waals surface area contributed by atoms with E-state index in [1.165, 1.54) is 12.1 Å². The zero-order valence-electron chi connectivity index (χ0n) is 10.8. The van der Waals surface area contributed by atoms with Crippen molar-refractivity contribution in [3.05, 3.63) is 67.9 Å². The molecule has 2 rings (SSSR count). The Bertz CT molecular complexity index is 619.